The van der Waals surface area contributed by atoms with E-state index in [4.69, 9.17) is 9.84 Å². The zero-order chi connectivity index (χ0) is 12.1. The van der Waals surface area contributed by atoms with E-state index >= 15 is 0 Å². The minimum Gasteiger partial charge on any atom is -0.496 e. The Morgan fingerprint density at radius 1 is 1.06 bits per heavy atom. The lowest BCUT2D eigenvalue weighted by molar-refractivity contribution is 0.299. The number of methoxy groups -OCH3 is 1. The van der Waals surface area contributed by atoms with Gasteiger partial charge in [-0.1, -0.05) is 36.4 Å². The summed E-state index contributed by atoms with van der Waals surface area (Å²) in [6.45, 7) is 0.167. The third-order valence-corrected chi connectivity index (χ3v) is 2.75. The zero-order valence-corrected chi connectivity index (χ0v) is 9.89. The fourth-order valence-corrected chi connectivity index (χ4v) is 1.88. The highest BCUT2D eigenvalue weighted by atomic mass is 16.5. The summed E-state index contributed by atoms with van der Waals surface area (Å²) in [7, 11) is 1.67. The largest absolute Gasteiger partial charge is 0.496 e. The topological polar surface area (TPSA) is 29.5 Å². The van der Waals surface area contributed by atoms with Gasteiger partial charge >= 0.3 is 0 Å². The highest BCUT2D eigenvalue weighted by Gasteiger charge is 2.06. The van der Waals surface area contributed by atoms with Crippen molar-refractivity contribution >= 4 is 0 Å². The first-order chi connectivity index (χ1) is 8.35. The molecule has 2 aromatic carbocycles. The normalized spacial score (nSPS) is 10.2. The third kappa shape index (κ3) is 2.66. The Morgan fingerprint density at radius 3 is 2.47 bits per heavy atom. The number of aliphatic hydroxyl groups excluding tert-OH is 1. The molecule has 0 bridgehead atoms. The van der Waals surface area contributed by atoms with Crippen LogP contribution in [0.1, 0.15) is 5.56 Å². The van der Waals surface area contributed by atoms with Crippen molar-refractivity contribution in [3.63, 3.8) is 0 Å². The summed E-state index contributed by atoms with van der Waals surface area (Å²) in [5.41, 5.74) is 3.32. The summed E-state index contributed by atoms with van der Waals surface area (Å²) in [5.74, 6) is 0.859. The average Bonchev–Trinajstić information content (AvgIpc) is 2.40. The first kappa shape index (κ1) is 11.7. The molecule has 0 heterocycles. The van der Waals surface area contributed by atoms with E-state index in [9.17, 15) is 0 Å². The first-order valence-corrected chi connectivity index (χ1v) is 5.68. The lowest BCUT2D eigenvalue weighted by atomic mass is 10.0. The second-order valence-electron chi connectivity index (χ2n) is 3.87. The van der Waals surface area contributed by atoms with Gasteiger partial charge in [-0.25, -0.2) is 0 Å². The molecule has 0 aliphatic rings. The van der Waals surface area contributed by atoms with E-state index in [2.05, 4.69) is 18.2 Å². The molecule has 17 heavy (non-hydrogen) atoms. The standard InChI is InChI=1S/C15H16O2/c1-17-15-8-7-12(9-10-16)11-14(15)13-5-3-2-4-6-13/h2-8,11,16H,9-10H2,1H3. The van der Waals surface area contributed by atoms with Crippen molar-refractivity contribution in [3.8, 4) is 16.9 Å². The van der Waals surface area contributed by atoms with Gasteiger partial charge in [0, 0.05) is 12.2 Å². The van der Waals surface area contributed by atoms with Crippen LogP contribution in [0.4, 0.5) is 0 Å². The SMILES string of the molecule is COc1ccc(CCO)cc1-c1ccccc1. The van der Waals surface area contributed by atoms with Gasteiger partial charge in [-0.3, -0.25) is 0 Å². The van der Waals surface area contributed by atoms with Crippen molar-refractivity contribution in [2.75, 3.05) is 13.7 Å². The fraction of sp³-hybridized carbons (Fsp3) is 0.200. The van der Waals surface area contributed by atoms with E-state index in [1.54, 1.807) is 7.11 Å². The predicted octanol–water partition coefficient (Wildman–Crippen LogP) is 2.90. The minimum absolute atomic E-state index is 0.167. The van der Waals surface area contributed by atoms with Gasteiger partial charge in [-0.05, 0) is 29.7 Å². The van der Waals surface area contributed by atoms with Crippen LogP contribution in [-0.4, -0.2) is 18.8 Å². The zero-order valence-electron chi connectivity index (χ0n) is 9.89. The molecular weight excluding hydrogens is 212 g/mol. The van der Waals surface area contributed by atoms with E-state index in [1.807, 2.05) is 30.3 Å². The highest BCUT2D eigenvalue weighted by Crippen LogP contribution is 2.30. The van der Waals surface area contributed by atoms with Gasteiger partial charge in [0.2, 0.25) is 0 Å². The minimum atomic E-state index is 0.167. The molecule has 0 unspecified atom stereocenters. The summed E-state index contributed by atoms with van der Waals surface area (Å²) >= 11 is 0. The summed E-state index contributed by atoms with van der Waals surface area (Å²) in [6, 6.07) is 16.1. The second-order valence-corrected chi connectivity index (χ2v) is 3.87. The molecule has 88 valence electrons. The van der Waals surface area contributed by atoms with Gasteiger partial charge in [0.25, 0.3) is 0 Å². The van der Waals surface area contributed by atoms with Crippen molar-refractivity contribution in [1.29, 1.82) is 0 Å². The molecule has 0 fully saturated rings. The van der Waals surface area contributed by atoms with Crippen LogP contribution in [0.5, 0.6) is 5.75 Å². The summed E-state index contributed by atoms with van der Waals surface area (Å²) in [5, 5.41) is 8.98. The monoisotopic (exact) mass is 228 g/mol. The first-order valence-electron chi connectivity index (χ1n) is 5.68. The van der Waals surface area contributed by atoms with Gasteiger partial charge in [0.05, 0.1) is 7.11 Å². The Labute approximate surface area is 101 Å². The molecule has 2 nitrogen and oxygen atoms in total. The molecule has 0 amide bonds. The molecule has 0 aliphatic carbocycles. The van der Waals surface area contributed by atoms with Crippen LogP contribution in [0.25, 0.3) is 11.1 Å². The Morgan fingerprint density at radius 2 is 1.82 bits per heavy atom. The molecule has 0 aliphatic heterocycles. The smallest absolute Gasteiger partial charge is 0.126 e. The quantitative estimate of drug-likeness (QED) is 0.871. The van der Waals surface area contributed by atoms with Gasteiger partial charge in [-0.15, -0.1) is 0 Å². The average molecular weight is 228 g/mol. The van der Waals surface area contributed by atoms with Gasteiger partial charge in [0.15, 0.2) is 0 Å². The molecule has 0 saturated carbocycles. The maximum absolute atomic E-state index is 8.98. The van der Waals surface area contributed by atoms with Gasteiger partial charge in [0.1, 0.15) is 5.75 Å². The number of rotatable bonds is 4. The van der Waals surface area contributed by atoms with Crippen molar-refractivity contribution in [2.24, 2.45) is 0 Å². The maximum atomic E-state index is 8.98. The molecular formula is C15H16O2. The summed E-state index contributed by atoms with van der Waals surface area (Å²) < 4.78 is 5.37. The van der Waals surface area contributed by atoms with E-state index in [1.165, 1.54) is 0 Å². The lowest BCUT2D eigenvalue weighted by Gasteiger charge is -2.10. The van der Waals surface area contributed by atoms with E-state index in [-0.39, 0.29) is 6.61 Å². The number of ether oxygens (including phenoxy) is 1. The third-order valence-electron chi connectivity index (χ3n) is 2.75. The number of aliphatic hydroxyl groups is 1. The Hall–Kier alpha value is -1.80. The number of hydrogen-bond acceptors (Lipinski definition) is 2. The highest BCUT2D eigenvalue weighted by molar-refractivity contribution is 5.71. The molecule has 2 aromatic rings. The van der Waals surface area contributed by atoms with Crippen LogP contribution in [-0.2, 0) is 6.42 Å². The Bertz CT molecular complexity index is 478. The van der Waals surface area contributed by atoms with Gasteiger partial charge in [-0.2, -0.15) is 0 Å². The Balaban J connectivity index is 2.46. The fourth-order valence-electron chi connectivity index (χ4n) is 1.88. The van der Waals surface area contributed by atoms with Crippen molar-refractivity contribution < 1.29 is 9.84 Å². The van der Waals surface area contributed by atoms with Crippen molar-refractivity contribution in [1.82, 2.24) is 0 Å². The van der Waals surface area contributed by atoms with Crippen LogP contribution in [0.2, 0.25) is 0 Å². The van der Waals surface area contributed by atoms with E-state index < -0.39 is 0 Å². The van der Waals surface area contributed by atoms with Crippen LogP contribution < -0.4 is 4.74 Å². The Kier molecular flexibility index (Phi) is 3.78. The predicted molar refractivity (Wildman–Crippen MR) is 69.2 cm³/mol. The number of hydrogen-bond donors (Lipinski definition) is 1. The molecule has 1 N–H and O–H groups in total. The van der Waals surface area contributed by atoms with Crippen molar-refractivity contribution in [2.45, 2.75) is 6.42 Å². The van der Waals surface area contributed by atoms with Gasteiger partial charge < -0.3 is 9.84 Å². The molecule has 2 heteroatoms. The second kappa shape index (κ2) is 5.51. The van der Waals surface area contributed by atoms with Crippen LogP contribution >= 0.6 is 0 Å². The number of benzene rings is 2. The molecule has 0 radical (unpaired) electrons. The molecule has 0 spiro atoms. The molecule has 0 saturated heterocycles. The molecule has 0 aromatic heterocycles. The summed E-state index contributed by atoms with van der Waals surface area (Å²) in [6.07, 6.45) is 0.670. The van der Waals surface area contributed by atoms with Crippen LogP contribution in [0, 0.1) is 0 Å². The molecule has 2 rings (SSSR count). The van der Waals surface area contributed by atoms with E-state index in [0.717, 1.165) is 22.4 Å². The summed E-state index contributed by atoms with van der Waals surface area (Å²) in [4.78, 5) is 0. The van der Waals surface area contributed by atoms with E-state index in [0.29, 0.717) is 6.42 Å². The molecule has 0 atom stereocenters. The maximum Gasteiger partial charge on any atom is 0.126 e. The lowest BCUT2D eigenvalue weighted by Crippen LogP contribution is -1.93. The van der Waals surface area contributed by atoms with Crippen LogP contribution in [0.3, 0.4) is 0 Å². The van der Waals surface area contributed by atoms with Crippen molar-refractivity contribution in [3.05, 3.63) is 54.1 Å². The van der Waals surface area contributed by atoms with Crippen LogP contribution in [0.15, 0.2) is 48.5 Å².